The van der Waals surface area contributed by atoms with E-state index in [1.165, 1.54) is 0 Å². The maximum Gasteiger partial charge on any atom is 0.191 e. The van der Waals surface area contributed by atoms with Crippen LogP contribution in [-0.2, 0) is 13.1 Å². The molecule has 0 fully saturated rings. The minimum atomic E-state index is 0.574. The van der Waals surface area contributed by atoms with Crippen LogP contribution >= 0.6 is 0 Å². The highest BCUT2D eigenvalue weighted by Gasteiger charge is 2.09. The fraction of sp³-hybridized carbons (Fsp3) is 0.353. The van der Waals surface area contributed by atoms with Crippen molar-refractivity contribution in [3.8, 4) is 5.75 Å². The van der Waals surface area contributed by atoms with Crippen LogP contribution in [0.5, 0.6) is 5.75 Å². The molecule has 2 rings (SSSR count). The number of aliphatic imine (C=N–C) groups is 1. The van der Waals surface area contributed by atoms with Gasteiger partial charge in [0, 0.05) is 30.6 Å². The molecule has 2 heterocycles. The van der Waals surface area contributed by atoms with Crippen LogP contribution in [0, 0.1) is 13.8 Å². The van der Waals surface area contributed by atoms with Crippen molar-refractivity contribution >= 4 is 5.96 Å². The smallest absolute Gasteiger partial charge is 0.191 e. The molecule has 0 radical (unpaired) electrons. The van der Waals surface area contributed by atoms with Gasteiger partial charge in [-0.15, -0.1) is 0 Å². The number of ether oxygens (including phenoxy) is 1. The van der Waals surface area contributed by atoms with Gasteiger partial charge in [-0.1, -0.05) is 6.07 Å². The predicted octanol–water partition coefficient (Wildman–Crippen LogP) is 1.97. The molecular weight excluding hydrogens is 290 g/mol. The van der Waals surface area contributed by atoms with Gasteiger partial charge in [-0.25, -0.2) is 0 Å². The minimum absolute atomic E-state index is 0.574. The third-order valence-corrected chi connectivity index (χ3v) is 3.56. The van der Waals surface area contributed by atoms with Crippen molar-refractivity contribution in [3.05, 3.63) is 53.1 Å². The summed E-state index contributed by atoms with van der Waals surface area (Å²) in [5.74, 6) is 1.59. The highest BCUT2D eigenvalue weighted by Crippen LogP contribution is 2.23. The Morgan fingerprint density at radius 1 is 1.17 bits per heavy atom. The number of guanidine groups is 1. The van der Waals surface area contributed by atoms with E-state index in [9.17, 15) is 0 Å². The van der Waals surface area contributed by atoms with Crippen LogP contribution in [-0.4, -0.2) is 30.1 Å². The molecular formula is C17H23N5O. The summed E-state index contributed by atoms with van der Waals surface area (Å²) in [6, 6.07) is 5.83. The Labute approximate surface area is 137 Å². The van der Waals surface area contributed by atoms with Gasteiger partial charge in [0.1, 0.15) is 5.75 Å². The van der Waals surface area contributed by atoms with Crippen LogP contribution in [0.25, 0.3) is 0 Å². The fourth-order valence-electron chi connectivity index (χ4n) is 2.31. The summed E-state index contributed by atoms with van der Waals surface area (Å²) in [5.41, 5.74) is 3.97. The van der Waals surface area contributed by atoms with Gasteiger partial charge in [0.05, 0.1) is 31.6 Å². The third-order valence-electron chi connectivity index (χ3n) is 3.56. The highest BCUT2D eigenvalue weighted by molar-refractivity contribution is 5.79. The van der Waals surface area contributed by atoms with Crippen molar-refractivity contribution in [1.82, 2.24) is 20.6 Å². The molecule has 2 aromatic heterocycles. The van der Waals surface area contributed by atoms with Gasteiger partial charge in [0.2, 0.25) is 0 Å². The molecule has 6 nitrogen and oxygen atoms in total. The summed E-state index contributed by atoms with van der Waals surface area (Å²) in [5, 5.41) is 6.49. The lowest BCUT2D eigenvalue weighted by atomic mass is 10.1. The van der Waals surface area contributed by atoms with Crippen LogP contribution in [0.1, 0.15) is 22.5 Å². The number of hydrogen-bond acceptors (Lipinski definition) is 4. The van der Waals surface area contributed by atoms with Gasteiger partial charge in [0.25, 0.3) is 0 Å². The normalized spacial score (nSPS) is 11.2. The van der Waals surface area contributed by atoms with Crippen molar-refractivity contribution in [2.75, 3.05) is 14.2 Å². The Morgan fingerprint density at radius 3 is 2.61 bits per heavy atom. The number of nitrogens with zero attached hydrogens (tertiary/aromatic N) is 3. The lowest BCUT2D eigenvalue weighted by molar-refractivity contribution is 0.406. The number of aryl methyl sites for hydroxylation is 1. The summed E-state index contributed by atoms with van der Waals surface area (Å²) in [6.07, 6.45) is 3.60. The van der Waals surface area contributed by atoms with Crippen molar-refractivity contribution < 1.29 is 4.74 Å². The van der Waals surface area contributed by atoms with Crippen molar-refractivity contribution in [1.29, 1.82) is 0 Å². The first kappa shape index (κ1) is 16.7. The monoisotopic (exact) mass is 313 g/mol. The number of pyridine rings is 2. The zero-order valence-electron chi connectivity index (χ0n) is 14.1. The van der Waals surface area contributed by atoms with Crippen molar-refractivity contribution in [2.45, 2.75) is 26.9 Å². The molecule has 0 saturated heterocycles. The molecule has 0 atom stereocenters. The Balaban J connectivity index is 1.96. The zero-order valence-corrected chi connectivity index (χ0v) is 14.1. The van der Waals surface area contributed by atoms with E-state index in [0.717, 1.165) is 28.3 Å². The van der Waals surface area contributed by atoms with Crippen LogP contribution in [0.4, 0.5) is 0 Å². The maximum absolute atomic E-state index is 5.43. The Hall–Kier alpha value is -2.63. The highest BCUT2D eigenvalue weighted by atomic mass is 16.5. The number of rotatable bonds is 5. The van der Waals surface area contributed by atoms with Gasteiger partial charge in [-0.2, -0.15) is 0 Å². The second-order valence-corrected chi connectivity index (χ2v) is 5.15. The van der Waals surface area contributed by atoms with Crippen LogP contribution in [0.2, 0.25) is 0 Å². The van der Waals surface area contributed by atoms with Crippen LogP contribution < -0.4 is 15.4 Å². The Kier molecular flexibility index (Phi) is 5.91. The second kappa shape index (κ2) is 8.12. The molecule has 0 aromatic carbocycles. The first-order valence-electron chi connectivity index (χ1n) is 7.49. The molecule has 0 amide bonds. The molecule has 2 N–H and O–H groups in total. The summed E-state index contributed by atoms with van der Waals surface area (Å²) in [6.45, 7) is 5.19. The first-order chi connectivity index (χ1) is 11.2. The summed E-state index contributed by atoms with van der Waals surface area (Å²) >= 11 is 0. The number of aromatic nitrogens is 2. The molecule has 23 heavy (non-hydrogen) atoms. The van der Waals surface area contributed by atoms with E-state index < -0.39 is 0 Å². The third kappa shape index (κ3) is 4.42. The topological polar surface area (TPSA) is 71.4 Å². The molecule has 0 aliphatic rings. The molecule has 0 saturated carbocycles. The van der Waals surface area contributed by atoms with E-state index in [-0.39, 0.29) is 0 Å². The second-order valence-electron chi connectivity index (χ2n) is 5.15. The van der Waals surface area contributed by atoms with E-state index >= 15 is 0 Å². The Morgan fingerprint density at radius 2 is 1.96 bits per heavy atom. The fourth-order valence-corrected chi connectivity index (χ4v) is 2.31. The number of nitrogens with one attached hydrogen (secondary N) is 2. The molecule has 0 unspecified atom stereocenters. The number of methoxy groups -OCH3 is 1. The molecule has 6 heteroatoms. The molecule has 0 aliphatic carbocycles. The SMILES string of the molecule is CN=C(NCc1ccccn1)NCc1ncc(C)c(OC)c1C. The predicted molar refractivity (Wildman–Crippen MR) is 91.5 cm³/mol. The van der Waals surface area contributed by atoms with E-state index in [1.54, 1.807) is 20.4 Å². The van der Waals surface area contributed by atoms with Crippen LogP contribution in [0.15, 0.2) is 35.6 Å². The lowest BCUT2D eigenvalue weighted by Gasteiger charge is -2.15. The van der Waals surface area contributed by atoms with E-state index in [1.807, 2.05) is 38.2 Å². The summed E-state index contributed by atoms with van der Waals surface area (Å²) < 4.78 is 5.43. The molecule has 0 spiro atoms. The average Bonchev–Trinajstić information content (AvgIpc) is 2.58. The zero-order chi connectivity index (χ0) is 16.7. The van der Waals surface area contributed by atoms with E-state index in [4.69, 9.17) is 4.74 Å². The average molecular weight is 313 g/mol. The van der Waals surface area contributed by atoms with Gasteiger partial charge in [-0.05, 0) is 26.0 Å². The Bertz CT molecular complexity index is 670. The first-order valence-corrected chi connectivity index (χ1v) is 7.49. The lowest BCUT2D eigenvalue weighted by Crippen LogP contribution is -2.36. The quantitative estimate of drug-likeness (QED) is 0.652. The molecule has 0 bridgehead atoms. The largest absolute Gasteiger partial charge is 0.496 e. The van der Waals surface area contributed by atoms with Crippen molar-refractivity contribution in [2.24, 2.45) is 4.99 Å². The minimum Gasteiger partial charge on any atom is -0.496 e. The molecule has 122 valence electrons. The molecule has 0 aliphatic heterocycles. The molecule has 2 aromatic rings. The standard InChI is InChI=1S/C17H23N5O/c1-12-9-20-15(13(2)16(12)23-4)11-22-17(18-3)21-10-14-7-5-6-8-19-14/h5-9H,10-11H2,1-4H3,(H2,18,21,22). The van der Waals surface area contributed by atoms with Crippen molar-refractivity contribution in [3.63, 3.8) is 0 Å². The summed E-state index contributed by atoms with van der Waals surface area (Å²) in [7, 11) is 3.42. The van der Waals surface area contributed by atoms with E-state index in [2.05, 4.69) is 25.6 Å². The summed E-state index contributed by atoms with van der Waals surface area (Å²) in [4.78, 5) is 13.0. The van der Waals surface area contributed by atoms with Gasteiger partial charge < -0.3 is 15.4 Å². The van der Waals surface area contributed by atoms with Crippen LogP contribution in [0.3, 0.4) is 0 Å². The van der Waals surface area contributed by atoms with Gasteiger partial charge in [0.15, 0.2) is 5.96 Å². The maximum atomic E-state index is 5.43. The van der Waals surface area contributed by atoms with E-state index in [0.29, 0.717) is 19.0 Å². The van der Waals surface area contributed by atoms with Gasteiger partial charge >= 0.3 is 0 Å². The van der Waals surface area contributed by atoms with Gasteiger partial charge in [-0.3, -0.25) is 15.0 Å². The number of hydrogen-bond donors (Lipinski definition) is 2.